The molecular formula is C13H15F2N3O2. The monoisotopic (exact) mass is 283 g/mol. The van der Waals surface area contributed by atoms with Gasteiger partial charge in [0.05, 0.1) is 23.5 Å². The van der Waals surface area contributed by atoms with Gasteiger partial charge in [-0.15, -0.1) is 0 Å². The van der Waals surface area contributed by atoms with Gasteiger partial charge in [-0.05, 0) is 14.0 Å². The van der Waals surface area contributed by atoms with Gasteiger partial charge in [0.1, 0.15) is 5.82 Å². The Kier molecular flexibility index (Phi) is 3.99. The number of hydrogen-bond donors (Lipinski definition) is 2. The molecule has 0 aliphatic heterocycles. The molecule has 0 aliphatic rings. The quantitative estimate of drug-likeness (QED) is 0.883. The molecule has 0 aliphatic carbocycles. The average molecular weight is 283 g/mol. The molecule has 1 aromatic heterocycles. The molecule has 0 saturated carbocycles. The van der Waals surface area contributed by atoms with Crippen molar-refractivity contribution in [3.05, 3.63) is 29.6 Å². The Balaban J connectivity index is 2.21. The van der Waals surface area contributed by atoms with Crippen molar-refractivity contribution in [1.29, 1.82) is 0 Å². The maximum atomic E-state index is 13.1. The van der Waals surface area contributed by atoms with Crippen molar-refractivity contribution in [3.63, 3.8) is 0 Å². The van der Waals surface area contributed by atoms with Crippen LogP contribution in [-0.2, 0) is 4.79 Å². The second kappa shape index (κ2) is 5.54. The number of aliphatic carboxylic acids is 1. The number of nitrogens with one attached hydrogen (secondary N) is 1. The molecule has 20 heavy (non-hydrogen) atoms. The number of carbonyl (C=O) groups is 1. The minimum absolute atomic E-state index is 0.0182. The summed E-state index contributed by atoms with van der Waals surface area (Å²) in [5.74, 6) is -2.21. The molecule has 108 valence electrons. The molecule has 0 saturated heterocycles. The summed E-state index contributed by atoms with van der Waals surface area (Å²) in [6, 6.07) is 1.91. The van der Waals surface area contributed by atoms with Crippen LogP contribution in [0.1, 0.15) is 25.2 Å². The zero-order valence-corrected chi connectivity index (χ0v) is 11.2. The van der Waals surface area contributed by atoms with Gasteiger partial charge in [-0.25, -0.2) is 13.8 Å². The highest BCUT2D eigenvalue weighted by Crippen LogP contribution is 2.22. The van der Waals surface area contributed by atoms with Crippen LogP contribution in [0.15, 0.2) is 12.1 Å². The van der Waals surface area contributed by atoms with Crippen LogP contribution in [-0.4, -0.2) is 39.5 Å². The fourth-order valence-electron chi connectivity index (χ4n) is 1.90. The number of fused-ring (bicyclic) bond motifs is 1. The van der Waals surface area contributed by atoms with Crippen LogP contribution in [0.5, 0.6) is 0 Å². The van der Waals surface area contributed by atoms with Crippen LogP contribution in [0.2, 0.25) is 0 Å². The molecule has 1 atom stereocenters. The van der Waals surface area contributed by atoms with Crippen molar-refractivity contribution in [1.82, 2.24) is 14.9 Å². The van der Waals surface area contributed by atoms with E-state index in [1.807, 2.05) is 6.92 Å². The van der Waals surface area contributed by atoms with Crippen LogP contribution in [0.3, 0.4) is 0 Å². The van der Waals surface area contributed by atoms with E-state index in [2.05, 4.69) is 9.97 Å². The van der Waals surface area contributed by atoms with Gasteiger partial charge >= 0.3 is 5.97 Å². The molecule has 1 aromatic carbocycles. The first-order valence-electron chi connectivity index (χ1n) is 6.15. The molecule has 0 radical (unpaired) electrons. The summed E-state index contributed by atoms with van der Waals surface area (Å²) in [7, 11) is 1.77. The first kappa shape index (κ1) is 14.4. The summed E-state index contributed by atoms with van der Waals surface area (Å²) >= 11 is 0. The standard InChI is InChI=1S/C13H15F2N3O2/c1-7(18(2)4-3-12(19)20)13-16-10-5-8(14)9(15)6-11(10)17-13/h5-7H,3-4H2,1-2H3,(H,16,17)(H,19,20). The first-order valence-corrected chi connectivity index (χ1v) is 6.15. The van der Waals surface area contributed by atoms with Gasteiger partial charge in [0, 0.05) is 18.7 Å². The minimum atomic E-state index is -0.942. The van der Waals surface area contributed by atoms with Crippen molar-refractivity contribution in [3.8, 4) is 0 Å². The van der Waals surface area contributed by atoms with Crippen molar-refractivity contribution in [2.24, 2.45) is 0 Å². The lowest BCUT2D eigenvalue weighted by atomic mass is 10.2. The number of rotatable bonds is 5. The van der Waals surface area contributed by atoms with E-state index in [0.29, 0.717) is 23.4 Å². The lowest BCUT2D eigenvalue weighted by Crippen LogP contribution is -2.25. The van der Waals surface area contributed by atoms with Gasteiger partial charge in [0.15, 0.2) is 11.6 Å². The molecule has 2 aromatic rings. The molecule has 5 nitrogen and oxygen atoms in total. The van der Waals surface area contributed by atoms with E-state index >= 15 is 0 Å². The Hall–Kier alpha value is -2.02. The van der Waals surface area contributed by atoms with Crippen LogP contribution in [0.4, 0.5) is 8.78 Å². The second-order valence-electron chi connectivity index (χ2n) is 4.71. The predicted octanol–water partition coefficient (Wildman–Crippen LogP) is 2.31. The Bertz CT molecular complexity index is 603. The van der Waals surface area contributed by atoms with Crippen molar-refractivity contribution in [2.75, 3.05) is 13.6 Å². The van der Waals surface area contributed by atoms with Crippen LogP contribution < -0.4 is 0 Å². The maximum absolute atomic E-state index is 13.1. The zero-order chi connectivity index (χ0) is 14.9. The first-order chi connectivity index (χ1) is 9.38. The van der Waals surface area contributed by atoms with Crippen molar-refractivity contribution < 1.29 is 18.7 Å². The number of nitrogens with zero attached hydrogens (tertiary/aromatic N) is 2. The second-order valence-corrected chi connectivity index (χ2v) is 4.71. The number of aromatic amines is 1. The van der Waals surface area contributed by atoms with Gasteiger partial charge in [0.2, 0.25) is 0 Å². The molecule has 2 rings (SSSR count). The van der Waals surface area contributed by atoms with Crippen LogP contribution >= 0.6 is 0 Å². The topological polar surface area (TPSA) is 69.2 Å². The van der Waals surface area contributed by atoms with Gasteiger partial charge in [-0.3, -0.25) is 9.69 Å². The van der Waals surface area contributed by atoms with Gasteiger partial charge < -0.3 is 10.1 Å². The van der Waals surface area contributed by atoms with Gasteiger partial charge in [-0.2, -0.15) is 0 Å². The Morgan fingerprint density at radius 1 is 1.45 bits per heavy atom. The number of H-pyrrole nitrogens is 1. The summed E-state index contributed by atoms with van der Waals surface area (Å²) in [6.45, 7) is 2.20. The largest absolute Gasteiger partial charge is 0.481 e. The van der Waals surface area contributed by atoms with E-state index < -0.39 is 17.6 Å². The highest BCUT2D eigenvalue weighted by molar-refractivity contribution is 5.75. The highest BCUT2D eigenvalue weighted by Gasteiger charge is 2.17. The lowest BCUT2D eigenvalue weighted by Gasteiger charge is -2.21. The fourth-order valence-corrected chi connectivity index (χ4v) is 1.90. The van der Waals surface area contributed by atoms with Crippen molar-refractivity contribution in [2.45, 2.75) is 19.4 Å². The Morgan fingerprint density at radius 2 is 2.10 bits per heavy atom. The summed E-state index contributed by atoms with van der Waals surface area (Å²) < 4.78 is 26.3. The van der Waals surface area contributed by atoms with E-state index in [1.165, 1.54) is 0 Å². The highest BCUT2D eigenvalue weighted by atomic mass is 19.2. The molecule has 2 N–H and O–H groups in total. The van der Waals surface area contributed by atoms with Crippen LogP contribution in [0.25, 0.3) is 11.0 Å². The summed E-state index contributed by atoms with van der Waals surface area (Å²) in [4.78, 5) is 19.5. The molecule has 0 amide bonds. The third-order valence-electron chi connectivity index (χ3n) is 3.28. The average Bonchev–Trinajstić information content (AvgIpc) is 2.78. The van der Waals surface area contributed by atoms with E-state index in [0.717, 1.165) is 12.1 Å². The summed E-state index contributed by atoms with van der Waals surface area (Å²) in [5.41, 5.74) is 0.759. The smallest absolute Gasteiger partial charge is 0.304 e. The molecule has 0 bridgehead atoms. The van der Waals surface area contributed by atoms with E-state index in [9.17, 15) is 13.6 Å². The van der Waals surface area contributed by atoms with Crippen LogP contribution in [0, 0.1) is 11.6 Å². The molecule has 7 heteroatoms. The molecular weight excluding hydrogens is 268 g/mol. The number of benzene rings is 1. The number of halogens is 2. The molecule has 1 heterocycles. The van der Waals surface area contributed by atoms with Gasteiger partial charge in [-0.1, -0.05) is 0 Å². The minimum Gasteiger partial charge on any atom is -0.481 e. The van der Waals surface area contributed by atoms with E-state index in [-0.39, 0.29) is 12.5 Å². The normalized spacial score (nSPS) is 13.1. The number of carboxylic acid groups (broad SMARTS) is 1. The van der Waals surface area contributed by atoms with Gasteiger partial charge in [0.25, 0.3) is 0 Å². The predicted molar refractivity (Wildman–Crippen MR) is 69.3 cm³/mol. The van der Waals surface area contributed by atoms with E-state index in [1.54, 1.807) is 11.9 Å². The van der Waals surface area contributed by atoms with E-state index in [4.69, 9.17) is 5.11 Å². The summed E-state index contributed by atoms with van der Waals surface area (Å²) in [5, 5.41) is 8.66. The molecule has 0 spiro atoms. The maximum Gasteiger partial charge on any atom is 0.304 e. The lowest BCUT2D eigenvalue weighted by molar-refractivity contribution is -0.137. The zero-order valence-electron chi connectivity index (χ0n) is 11.2. The van der Waals surface area contributed by atoms with Crippen molar-refractivity contribution >= 4 is 17.0 Å². The molecule has 0 fully saturated rings. The molecule has 1 unspecified atom stereocenters. The number of hydrogen-bond acceptors (Lipinski definition) is 3. The SMILES string of the molecule is CC(c1nc2cc(F)c(F)cc2[nH]1)N(C)CCC(=O)O. The fraction of sp³-hybridized carbons (Fsp3) is 0.385. The Labute approximate surface area is 114 Å². The third kappa shape index (κ3) is 2.93. The number of carboxylic acids is 1. The number of aromatic nitrogens is 2. The Morgan fingerprint density at radius 3 is 2.75 bits per heavy atom. The third-order valence-corrected chi connectivity index (χ3v) is 3.28. The number of imidazole rings is 1. The summed E-state index contributed by atoms with van der Waals surface area (Å²) in [6.07, 6.45) is 0.0182.